The first-order chi connectivity index (χ1) is 11.5. The van der Waals surface area contributed by atoms with E-state index in [1.165, 1.54) is 5.56 Å². The Morgan fingerprint density at radius 3 is 2.38 bits per heavy atom. The molecule has 0 heterocycles. The minimum absolute atomic E-state index is 0.0394. The molecule has 0 bridgehead atoms. The van der Waals surface area contributed by atoms with Crippen LogP contribution >= 0.6 is 11.6 Å². The lowest BCUT2D eigenvalue weighted by Crippen LogP contribution is -2.39. The number of halogens is 1. The molecule has 0 spiro atoms. The van der Waals surface area contributed by atoms with Crippen LogP contribution in [0.3, 0.4) is 0 Å². The Morgan fingerprint density at radius 1 is 1.17 bits per heavy atom. The highest BCUT2D eigenvalue weighted by Crippen LogP contribution is 2.41. The van der Waals surface area contributed by atoms with Gasteiger partial charge in [-0.3, -0.25) is 0 Å². The summed E-state index contributed by atoms with van der Waals surface area (Å²) >= 11 is 5.97. The number of urea groups is 1. The summed E-state index contributed by atoms with van der Waals surface area (Å²) in [5.41, 5.74) is 3.48. The van der Waals surface area contributed by atoms with E-state index in [-0.39, 0.29) is 12.1 Å². The molecule has 1 N–H and O–H groups in total. The lowest BCUT2D eigenvalue weighted by atomic mass is 10.0. The average Bonchev–Trinajstić information content (AvgIpc) is 3.40. The molecule has 1 atom stereocenters. The molecule has 24 heavy (non-hydrogen) atoms. The molecular formula is C20H23ClN2O. The fourth-order valence-electron chi connectivity index (χ4n) is 2.86. The maximum atomic E-state index is 12.6. The van der Waals surface area contributed by atoms with Gasteiger partial charge < -0.3 is 10.2 Å². The van der Waals surface area contributed by atoms with Crippen molar-refractivity contribution in [3.8, 4) is 0 Å². The second-order valence-corrected chi connectivity index (χ2v) is 7.09. The van der Waals surface area contributed by atoms with Gasteiger partial charge in [0.1, 0.15) is 0 Å². The van der Waals surface area contributed by atoms with Crippen molar-refractivity contribution in [1.29, 1.82) is 0 Å². The lowest BCUT2D eigenvalue weighted by Gasteiger charge is -2.24. The Morgan fingerprint density at radius 2 is 1.79 bits per heavy atom. The molecular weight excluding hydrogens is 320 g/mol. The van der Waals surface area contributed by atoms with Crippen molar-refractivity contribution in [2.45, 2.75) is 32.4 Å². The smallest absolute Gasteiger partial charge is 0.317 e. The van der Waals surface area contributed by atoms with Crippen molar-refractivity contribution in [3.63, 3.8) is 0 Å². The second kappa shape index (κ2) is 7.27. The molecule has 0 saturated heterocycles. The van der Waals surface area contributed by atoms with Gasteiger partial charge >= 0.3 is 6.03 Å². The quantitative estimate of drug-likeness (QED) is 0.820. The number of hydrogen-bond acceptors (Lipinski definition) is 1. The van der Waals surface area contributed by atoms with Gasteiger partial charge in [-0.15, -0.1) is 0 Å². The highest BCUT2D eigenvalue weighted by molar-refractivity contribution is 6.30. The molecule has 3 rings (SSSR count). The molecule has 3 nitrogen and oxygen atoms in total. The zero-order chi connectivity index (χ0) is 17.1. The molecule has 1 unspecified atom stereocenters. The number of nitrogens with one attached hydrogen (secondary N) is 1. The molecule has 126 valence electrons. The Bertz CT molecular complexity index is 693. The van der Waals surface area contributed by atoms with Gasteiger partial charge in [-0.1, -0.05) is 53.6 Å². The van der Waals surface area contributed by atoms with Crippen molar-refractivity contribution in [3.05, 3.63) is 70.2 Å². The second-order valence-electron chi connectivity index (χ2n) is 6.66. The lowest BCUT2D eigenvalue weighted by molar-refractivity contribution is 0.201. The zero-order valence-electron chi connectivity index (χ0n) is 14.1. The predicted octanol–water partition coefficient (Wildman–Crippen LogP) is 4.94. The summed E-state index contributed by atoms with van der Waals surface area (Å²) in [4.78, 5) is 14.3. The van der Waals surface area contributed by atoms with Crippen LogP contribution in [0, 0.1) is 12.8 Å². The van der Waals surface area contributed by atoms with Gasteiger partial charge in [0.2, 0.25) is 0 Å². The number of benzene rings is 2. The molecule has 2 aromatic rings. The fourth-order valence-corrected chi connectivity index (χ4v) is 2.98. The number of rotatable bonds is 5. The SMILES string of the molecule is Cc1ccc(CN(C)C(=O)NC(c2ccc(Cl)cc2)C2CC2)cc1. The molecule has 1 aliphatic carbocycles. The van der Waals surface area contributed by atoms with Gasteiger partial charge in [0, 0.05) is 18.6 Å². The van der Waals surface area contributed by atoms with E-state index in [4.69, 9.17) is 11.6 Å². The fraction of sp³-hybridized carbons (Fsp3) is 0.350. The van der Waals surface area contributed by atoms with Gasteiger partial charge in [-0.05, 0) is 48.9 Å². The van der Waals surface area contributed by atoms with Crippen molar-refractivity contribution in [2.75, 3.05) is 7.05 Å². The van der Waals surface area contributed by atoms with E-state index in [0.29, 0.717) is 12.5 Å². The number of aryl methyl sites for hydroxylation is 1. The molecule has 0 aromatic heterocycles. The number of amides is 2. The van der Waals surface area contributed by atoms with Crippen LogP contribution in [0.1, 0.15) is 35.6 Å². The summed E-state index contributed by atoms with van der Waals surface area (Å²) in [5.74, 6) is 0.530. The standard InChI is InChI=1S/C20H23ClN2O/c1-14-3-5-15(6-4-14)13-23(2)20(24)22-19(16-7-8-16)17-9-11-18(21)12-10-17/h3-6,9-12,16,19H,7-8,13H2,1-2H3,(H,22,24). The largest absolute Gasteiger partial charge is 0.331 e. The Balaban J connectivity index is 1.64. The Labute approximate surface area is 148 Å². The summed E-state index contributed by atoms with van der Waals surface area (Å²) < 4.78 is 0. The van der Waals surface area contributed by atoms with Gasteiger partial charge in [-0.2, -0.15) is 0 Å². The van der Waals surface area contributed by atoms with Gasteiger partial charge in [0.15, 0.2) is 0 Å². The van der Waals surface area contributed by atoms with Gasteiger partial charge in [-0.25, -0.2) is 4.79 Å². The number of carbonyl (C=O) groups is 1. The maximum Gasteiger partial charge on any atom is 0.317 e. The molecule has 0 radical (unpaired) electrons. The van der Waals surface area contributed by atoms with E-state index >= 15 is 0 Å². The Kier molecular flexibility index (Phi) is 5.10. The molecule has 4 heteroatoms. The maximum absolute atomic E-state index is 12.6. The average molecular weight is 343 g/mol. The molecule has 1 aliphatic rings. The van der Waals surface area contributed by atoms with E-state index in [1.807, 2.05) is 31.3 Å². The van der Waals surface area contributed by atoms with Crippen molar-refractivity contribution in [1.82, 2.24) is 10.2 Å². The van der Waals surface area contributed by atoms with Crippen LogP contribution in [-0.4, -0.2) is 18.0 Å². The Hall–Kier alpha value is -2.00. The molecule has 2 aromatic carbocycles. The molecule has 2 amide bonds. The topological polar surface area (TPSA) is 32.3 Å². The summed E-state index contributed by atoms with van der Waals surface area (Å²) in [6.45, 7) is 2.66. The third-order valence-electron chi connectivity index (χ3n) is 4.49. The summed E-state index contributed by atoms with van der Waals surface area (Å²) in [6.07, 6.45) is 2.32. The van der Waals surface area contributed by atoms with Crippen molar-refractivity contribution >= 4 is 17.6 Å². The van der Waals surface area contributed by atoms with Crippen LogP contribution in [0.5, 0.6) is 0 Å². The van der Waals surface area contributed by atoms with E-state index in [1.54, 1.807) is 4.90 Å². The van der Waals surface area contributed by atoms with E-state index in [0.717, 1.165) is 29.0 Å². The van der Waals surface area contributed by atoms with Crippen molar-refractivity contribution < 1.29 is 4.79 Å². The van der Waals surface area contributed by atoms with E-state index < -0.39 is 0 Å². The first-order valence-corrected chi connectivity index (χ1v) is 8.73. The normalized spacial score (nSPS) is 15.0. The third kappa shape index (κ3) is 4.30. The summed E-state index contributed by atoms with van der Waals surface area (Å²) in [6, 6.07) is 16.1. The predicted molar refractivity (Wildman–Crippen MR) is 98.1 cm³/mol. The molecule has 0 aliphatic heterocycles. The summed E-state index contributed by atoms with van der Waals surface area (Å²) in [7, 11) is 1.83. The monoisotopic (exact) mass is 342 g/mol. The third-order valence-corrected chi connectivity index (χ3v) is 4.74. The van der Waals surface area contributed by atoms with Crippen molar-refractivity contribution in [2.24, 2.45) is 5.92 Å². The van der Waals surface area contributed by atoms with E-state index in [2.05, 4.69) is 36.5 Å². The summed E-state index contributed by atoms with van der Waals surface area (Å²) in [5, 5.41) is 3.91. The minimum atomic E-state index is -0.0394. The number of carbonyl (C=O) groups excluding carboxylic acids is 1. The van der Waals surface area contributed by atoms with Crippen LogP contribution in [0.4, 0.5) is 4.79 Å². The molecule has 1 fully saturated rings. The number of hydrogen-bond donors (Lipinski definition) is 1. The van der Waals surface area contributed by atoms with Crippen LogP contribution < -0.4 is 5.32 Å². The highest BCUT2D eigenvalue weighted by atomic mass is 35.5. The van der Waals surface area contributed by atoms with Crippen LogP contribution in [0.2, 0.25) is 5.02 Å². The first-order valence-electron chi connectivity index (χ1n) is 8.35. The van der Waals surface area contributed by atoms with Gasteiger partial charge in [0.25, 0.3) is 0 Å². The van der Waals surface area contributed by atoms with E-state index in [9.17, 15) is 4.79 Å². The van der Waals surface area contributed by atoms with Crippen LogP contribution in [0.25, 0.3) is 0 Å². The van der Waals surface area contributed by atoms with Crippen LogP contribution in [0.15, 0.2) is 48.5 Å². The first kappa shape index (κ1) is 16.8. The van der Waals surface area contributed by atoms with Gasteiger partial charge in [0.05, 0.1) is 6.04 Å². The number of nitrogens with zero attached hydrogens (tertiary/aromatic N) is 1. The highest BCUT2D eigenvalue weighted by Gasteiger charge is 2.33. The van der Waals surface area contributed by atoms with Crippen LogP contribution in [-0.2, 0) is 6.54 Å². The zero-order valence-corrected chi connectivity index (χ0v) is 14.9. The molecule has 1 saturated carbocycles. The minimum Gasteiger partial charge on any atom is -0.331 e.